The molecule has 0 saturated heterocycles. The first-order chi connectivity index (χ1) is 10.0. The van der Waals surface area contributed by atoms with Crippen LogP contribution in [0.1, 0.15) is 16.9 Å². The third-order valence-electron chi connectivity index (χ3n) is 2.69. The van der Waals surface area contributed by atoms with Crippen LogP contribution in [0.4, 0.5) is 5.82 Å². The van der Waals surface area contributed by atoms with Gasteiger partial charge in [0.15, 0.2) is 12.4 Å². The number of aromatic nitrogens is 1. The van der Waals surface area contributed by atoms with E-state index in [-0.39, 0.29) is 13.0 Å². The molecular weight excluding hydrogens is 272 g/mol. The summed E-state index contributed by atoms with van der Waals surface area (Å²) in [6, 6.07) is 9.14. The van der Waals surface area contributed by atoms with Crippen molar-refractivity contribution in [3.63, 3.8) is 0 Å². The van der Waals surface area contributed by atoms with Crippen LogP contribution < -0.4 is 5.32 Å². The van der Waals surface area contributed by atoms with Gasteiger partial charge >= 0.3 is 5.97 Å². The Kier molecular flexibility index (Phi) is 4.71. The first-order valence-electron chi connectivity index (χ1n) is 6.47. The van der Waals surface area contributed by atoms with Crippen molar-refractivity contribution in [1.82, 2.24) is 5.16 Å². The molecule has 0 aliphatic rings. The summed E-state index contributed by atoms with van der Waals surface area (Å²) in [5.74, 6) is -0.0260. The van der Waals surface area contributed by atoms with E-state index in [9.17, 15) is 9.59 Å². The van der Waals surface area contributed by atoms with Crippen LogP contribution in [-0.4, -0.2) is 23.6 Å². The second kappa shape index (κ2) is 6.69. The van der Waals surface area contributed by atoms with E-state index < -0.39 is 11.9 Å². The zero-order valence-electron chi connectivity index (χ0n) is 11.9. The number of esters is 1. The van der Waals surface area contributed by atoms with Crippen LogP contribution in [0.15, 0.2) is 34.9 Å². The maximum Gasteiger partial charge on any atom is 0.310 e. The van der Waals surface area contributed by atoms with E-state index in [0.29, 0.717) is 11.6 Å². The van der Waals surface area contributed by atoms with Crippen molar-refractivity contribution < 1.29 is 18.8 Å². The molecule has 110 valence electrons. The van der Waals surface area contributed by atoms with Gasteiger partial charge in [0.05, 0.1) is 6.42 Å². The molecule has 21 heavy (non-hydrogen) atoms. The van der Waals surface area contributed by atoms with Gasteiger partial charge in [0.25, 0.3) is 5.91 Å². The second-order valence-corrected chi connectivity index (χ2v) is 4.70. The number of ether oxygens (including phenoxy) is 1. The first kappa shape index (κ1) is 14.8. The van der Waals surface area contributed by atoms with Gasteiger partial charge in [0.1, 0.15) is 5.76 Å². The molecule has 1 heterocycles. The van der Waals surface area contributed by atoms with E-state index in [0.717, 1.165) is 11.1 Å². The Morgan fingerprint density at radius 3 is 2.76 bits per heavy atom. The smallest absolute Gasteiger partial charge is 0.310 e. The Bertz CT molecular complexity index is 649. The maximum absolute atomic E-state index is 11.6. The third kappa shape index (κ3) is 4.76. The van der Waals surface area contributed by atoms with E-state index in [1.807, 2.05) is 31.2 Å². The highest BCUT2D eigenvalue weighted by molar-refractivity contribution is 5.92. The standard InChI is InChI=1S/C15H16N2O4/c1-10-4-3-5-12(6-10)8-15(19)20-9-14(18)16-13-7-11(2)21-17-13/h3-7H,8-9H2,1-2H3,(H,16,17,18). The molecule has 1 aromatic heterocycles. The molecule has 2 rings (SSSR count). The van der Waals surface area contributed by atoms with Crippen molar-refractivity contribution in [3.05, 3.63) is 47.2 Å². The van der Waals surface area contributed by atoms with Crippen molar-refractivity contribution in [3.8, 4) is 0 Å². The fourth-order valence-electron chi connectivity index (χ4n) is 1.79. The van der Waals surface area contributed by atoms with Crippen LogP contribution in [0, 0.1) is 13.8 Å². The molecular formula is C15H16N2O4. The molecule has 6 nitrogen and oxygen atoms in total. The lowest BCUT2D eigenvalue weighted by Crippen LogP contribution is -2.21. The van der Waals surface area contributed by atoms with Crippen LogP contribution in [0.25, 0.3) is 0 Å². The predicted molar refractivity (Wildman–Crippen MR) is 75.7 cm³/mol. The van der Waals surface area contributed by atoms with Crippen molar-refractivity contribution in [2.75, 3.05) is 11.9 Å². The van der Waals surface area contributed by atoms with Crippen LogP contribution in [-0.2, 0) is 20.7 Å². The summed E-state index contributed by atoms with van der Waals surface area (Å²) < 4.78 is 9.73. The summed E-state index contributed by atoms with van der Waals surface area (Å²) in [6.45, 7) is 3.31. The van der Waals surface area contributed by atoms with E-state index in [2.05, 4.69) is 10.5 Å². The summed E-state index contributed by atoms with van der Waals surface area (Å²) in [6.07, 6.45) is 0.137. The van der Waals surface area contributed by atoms with Crippen molar-refractivity contribution in [2.24, 2.45) is 0 Å². The normalized spacial score (nSPS) is 10.2. The Balaban J connectivity index is 1.77. The number of hydrogen-bond donors (Lipinski definition) is 1. The van der Waals surface area contributed by atoms with E-state index in [4.69, 9.17) is 9.26 Å². The lowest BCUT2D eigenvalue weighted by molar-refractivity contribution is -0.146. The highest BCUT2D eigenvalue weighted by atomic mass is 16.5. The summed E-state index contributed by atoms with van der Waals surface area (Å²) in [7, 11) is 0. The van der Waals surface area contributed by atoms with Gasteiger partial charge in [-0.05, 0) is 19.4 Å². The fourth-order valence-corrected chi connectivity index (χ4v) is 1.79. The number of anilines is 1. The third-order valence-corrected chi connectivity index (χ3v) is 2.69. The average molecular weight is 288 g/mol. The van der Waals surface area contributed by atoms with Crippen LogP contribution in [0.2, 0.25) is 0 Å². The van der Waals surface area contributed by atoms with Gasteiger partial charge in [-0.25, -0.2) is 0 Å². The molecule has 0 fully saturated rings. The number of carbonyl (C=O) groups is 2. The van der Waals surface area contributed by atoms with Crippen molar-refractivity contribution in [2.45, 2.75) is 20.3 Å². The average Bonchev–Trinajstić information content (AvgIpc) is 2.82. The van der Waals surface area contributed by atoms with Gasteiger partial charge < -0.3 is 14.6 Å². The lowest BCUT2D eigenvalue weighted by atomic mass is 10.1. The van der Waals surface area contributed by atoms with Crippen LogP contribution in [0.3, 0.4) is 0 Å². The topological polar surface area (TPSA) is 81.4 Å². The minimum absolute atomic E-state index is 0.137. The highest BCUT2D eigenvalue weighted by Gasteiger charge is 2.10. The van der Waals surface area contributed by atoms with Gasteiger partial charge in [-0.15, -0.1) is 0 Å². The molecule has 1 aromatic carbocycles. The van der Waals surface area contributed by atoms with Crippen molar-refractivity contribution >= 4 is 17.7 Å². The molecule has 0 aliphatic carbocycles. The number of aryl methyl sites for hydroxylation is 2. The Labute approximate surface area is 122 Å². The van der Waals surface area contributed by atoms with Gasteiger partial charge in [0, 0.05) is 6.07 Å². The quantitative estimate of drug-likeness (QED) is 0.851. The minimum Gasteiger partial charge on any atom is -0.455 e. The molecule has 0 bridgehead atoms. The van der Waals surface area contributed by atoms with Crippen molar-refractivity contribution in [1.29, 1.82) is 0 Å². The minimum atomic E-state index is -0.458. The summed E-state index contributed by atoms with van der Waals surface area (Å²) in [5.41, 5.74) is 1.92. The van der Waals surface area contributed by atoms with E-state index in [1.54, 1.807) is 13.0 Å². The number of amides is 1. The first-order valence-corrected chi connectivity index (χ1v) is 6.47. The molecule has 0 aliphatic heterocycles. The molecule has 0 spiro atoms. The monoisotopic (exact) mass is 288 g/mol. The molecule has 0 unspecified atom stereocenters. The lowest BCUT2D eigenvalue weighted by Gasteiger charge is -2.05. The number of rotatable bonds is 5. The largest absolute Gasteiger partial charge is 0.455 e. The molecule has 1 amide bonds. The van der Waals surface area contributed by atoms with Gasteiger partial charge in [-0.3, -0.25) is 9.59 Å². The number of nitrogens with zero attached hydrogens (tertiary/aromatic N) is 1. The molecule has 0 atom stereocenters. The number of carbonyl (C=O) groups excluding carboxylic acids is 2. The summed E-state index contributed by atoms with van der Waals surface area (Å²) >= 11 is 0. The number of hydrogen-bond acceptors (Lipinski definition) is 5. The second-order valence-electron chi connectivity index (χ2n) is 4.70. The summed E-state index contributed by atoms with van der Waals surface area (Å²) in [4.78, 5) is 23.2. The zero-order valence-corrected chi connectivity index (χ0v) is 11.9. The fraction of sp³-hybridized carbons (Fsp3) is 0.267. The maximum atomic E-state index is 11.6. The predicted octanol–water partition coefficient (Wildman–Crippen LogP) is 2.02. The van der Waals surface area contributed by atoms with Gasteiger partial charge in [0.2, 0.25) is 0 Å². The highest BCUT2D eigenvalue weighted by Crippen LogP contribution is 2.07. The molecule has 1 N–H and O–H groups in total. The number of nitrogens with one attached hydrogen (secondary N) is 1. The van der Waals surface area contributed by atoms with E-state index in [1.165, 1.54) is 0 Å². The Morgan fingerprint density at radius 2 is 2.10 bits per heavy atom. The van der Waals surface area contributed by atoms with E-state index >= 15 is 0 Å². The SMILES string of the molecule is Cc1cccc(CC(=O)OCC(=O)Nc2cc(C)on2)c1. The summed E-state index contributed by atoms with van der Waals surface area (Å²) in [5, 5.41) is 6.08. The molecule has 2 aromatic rings. The van der Waals surface area contributed by atoms with Gasteiger partial charge in [-0.1, -0.05) is 35.0 Å². The number of benzene rings is 1. The molecule has 6 heteroatoms. The van der Waals surface area contributed by atoms with Crippen LogP contribution >= 0.6 is 0 Å². The zero-order chi connectivity index (χ0) is 15.2. The Hall–Kier alpha value is -2.63. The molecule has 0 saturated carbocycles. The van der Waals surface area contributed by atoms with Crippen LogP contribution in [0.5, 0.6) is 0 Å². The molecule has 0 radical (unpaired) electrons. The van der Waals surface area contributed by atoms with Gasteiger partial charge in [-0.2, -0.15) is 0 Å². The Morgan fingerprint density at radius 1 is 1.29 bits per heavy atom.